The number of nitrogens with zero attached hydrogens (tertiary/aromatic N) is 2. The molecule has 0 saturated heterocycles. The second-order valence-corrected chi connectivity index (χ2v) is 3.60. The van der Waals surface area contributed by atoms with Crippen LogP contribution in [0.2, 0.25) is 0 Å². The molecule has 0 aliphatic heterocycles. The SMILES string of the molecule is Cc1ncccc1Nc1cc(F)cc(C#N)c1. The molecule has 0 bridgehead atoms. The van der Waals surface area contributed by atoms with E-state index in [9.17, 15) is 4.39 Å². The number of rotatable bonds is 2. The van der Waals surface area contributed by atoms with Crippen LogP contribution < -0.4 is 5.32 Å². The molecule has 0 atom stereocenters. The maximum absolute atomic E-state index is 13.2. The van der Waals surface area contributed by atoms with E-state index < -0.39 is 5.82 Å². The maximum atomic E-state index is 13.2. The number of halogens is 1. The number of nitriles is 1. The fourth-order valence-corrected chi connectivity index (χ4v) is 1.50. The Bertz CT molecular complexity index is 587. The average Bonchev–Trinajstić information content (AvgIpc) is 2.31. The Balaban J connectivity index is 2.34. The van der Waals surface area contributed by atoms with Crippen LogP contribution in [0.25, 0.3) is 0 Å². The minimum absolute atomic E-state index is 0.286. The molecular weight excluding hydrogens is 217 g/mol. The van der Waals surface area contributed by atoms with Crippen LogP contribution in [-0.2, 0) is 0 Å². The highest BCUT2D eigenvalue weighted by molar-refractivity contribution is 5.62. The Morgan fingerprint density at radius 2 is 2.18 bits per heavy atom. The van der Waals surface area contributed by atoms with Crippen molar-refractivity contribution >= 4 is 11.4 Å². The minimum atomic E-state index is -0.437. The number of aryl methyl sites for hydroxylation is 1. The second-order valence-electron chi connectivity index (χ2n) is 3.60. The molecule has 1 aromatic carbocycles. The van der Waals surface area contributed by atoms with Crippen LogP contribution in [-0.4, -0.2) is 4.98 Å². The van der Waals surface area contributed by atoms with Crippen molar-refractivity contribution in [3.8, 4) is 6.07 Å². The van der Waals surface area contributed by atoms with Gasteiger partial charge < -0.3 is 5.32 Å². The van der Waals surface area contributed by atoms with Gasteiger partial charge in [-0.25, -0.2) is 4.39 Å². The summed E-state index contributed by atoms with van der Waals surface area (Å²) in [5.74, 6) is -0.437. The number of benzene rings is 1. The Labute approximate surface area is 98.5 Å². The monoisotopic (exact) mass is 227 g/mol. The van der Waals surface area contributed by atoms with E-state index in [2.05, 4.69) is 10.3 Å². The fraction of sp³-hybridized carbons (Fsp3) is 0.0769. The van der Waals surface area contributed by atoms with E-state index in [1.807, 2.05) is 19.1 Å². The highest BCUT2D eigenvalue weighted by Crippen LogP contribution is 2.20. The van der Waals surface area contributed by atoms with Gasteiger partial charge in [0.15, 0.2) is 0 Å². The van der Waals surface area contributed by atoms with Gasteiger partial charge in [-0.1, -0.05) is 0 Å². The van der Waals surface area contributed by atoms with Crippen molar-refractivity contribution in [1.29, 1.82) is 5.26 Å². The van der Waals surface area contributed by atoms with Crippen LogP contribution in [0.1, 0.15) is 11.3 Å². The summed E-state index contributed by atoms with van der Waals surface area (Å²) >= 11 is 0. The first-order chi connectivity index (χ1) is 8.19. The quantitative estimate of drug-likeness (QED) is 0.857. The Hall–Kier alpha value is -2.41. The number of hydrogen-bond donors (Lipinski definition) is 1. The van der Waals surface area contributed by atoms with Gasteiger partial charge in [-0.3, -0.25) is 4.98 Å². The number of hydrogen-bond acceptors (Lipinski definition) is 3. The van der Waals surface area contributed by atoms with Crippen molar-refractivity contribution in [1.82, 2.24) is 4.98 Å². The first kappa shape index (κ1) is 11.1. The van der Waals surface area contributed by atoms with E-state index in [0.29, 0.717) is 5.69 Å². The number of anilines is 2. The van der Waals surface area contributed by atoms with Crippen molar-refractivity contribution in [2.24, 2.45) is 0 Å². The smallest absolute Gasteiger partial charge is 0.126 e. The van der Waals surface area contributed by atoms with E-state index in [1.54, 1.807) is 18.3 Å². The van der Waals surface area contributed by atoms with Crippen molar-refractivity contribution in [3.63, 3.8) is 0 Å². The zero-order valence-electron chi connectivity index (χ0n) is 9.24. The molecule has 0 fully saturated rings. The van der Waals surface area contributed by atoms with Gasteiger partial charge in [0.25, 0.3) is 0 Å². The number of nitrogens with one attached hydrogen (secondary N) is 1. The first-order valence-electron chi connectivity index (χ1n) is 5.08. The summed E-state index contributed by atoms with van der Waals surface area (Å²) < 4.78 is 13.2. The van der Waals surface area contributed by atoms with Crippen LogP contribution in [0.5, 0.6) is 0 Å². The highest BCUT2D eigenvalue weighted by atomic mass is 19.1. The fourth-order valence-electron chi connectivity index (χ4n) is 1.50. The summed E-state index contributed by atoms with van der Waals surface area (Å²) in [6.07, 6.45) is 1.69. The van der Waals surface area contributed by atoms with E-state index >= 15 is 0 Å². The average molecular weight is 227 g/mol. The van der Waals surface area contributed by atoms with Gasteiger partial charge in [0.2, 0.25) is 0 Å². The lowest BCUT2D eigenvalue weighted by Crippen LogP contribution is -1.95. The van der Waals surface area contributed by atoms with Crippen LogP contribution in [0.4, 0.5) is 15.8 Å². The van der Waals surface area contributed by atoms with Crippen molar-refractivity contribution in [3.05, 3.63) is 53.6 Å². The molecule has 0 aliphatic rings. The number of pyridine rings is 1. The third-order valence-corrected chi connectivity index (χ3v) is 2.31. The van der Waals surface area contributed by atoms with E-state index in [0.717, 1.165) is 11.4 Å². The zero-order valence-corrected chi connectivity index (χ0v) is 9.24. The van der Waals surface area contributed by atoms with Gasteiger partial charge >= 0.3 is 0 Å². The third-order valence-electron chi connectivity index (χ3n) is 2.31. The summed E-state index contributed by atoms with van der Waals surface area (Å²) in [6.45, 7) is 1.85. The summed E-state index contributed by atoms with van der Waals surface area (Å²) in [5, 5.41) is 11.8. The molecule has 0 unspecified atom stereocenters. The van der Waals surface area contributed by atoms with Gasteiger partial charge in [-0.15, -0.1) is 0 Å². The molecule has 1 N–H and O–H groups in total. The van der Waals surface area contributed by atoms with E-state index in [-0.39, 0.29) is 5.56 Å². The summed E-state index contributed by atoms with van der Waals surface area (Å²) in [6, 6.07) is 9.68. The Morgan fingerprint density at radius 1 is 1.35 bits per heavy atom. The van der Waals surface area contributed by atoms with Gasteiger partial charge in [0.1, 0.15) is 5.82 Å². The van der Waals surface area contributed by atoms with Crippen molar-refractivity contribution in [2.45, 2.75) is 6.92 Å². The normalized spacial score (nSPS) is 9.71. The molecule has 2 aromatic rings. The molecule has 1 aromatic heterocycles. The topological polar surface area (TPSA) is 48.7 Å². The Morgan fingerprint density at radius 3 is 2.88 bits per heavy atom. The number of aromatic nitrogens is 1. The van der Waals surface area contributed by atoms with Gasteiger partial charge in [0, 0.05) is 11.9 Å². The van der Waals surface area contributed by atoms with Crippen LogP contribution in [0.3, 0.4) is 0 Å². The molecule has 0 aliphatic carbocycles. The lowest BCUT2D eigenvalue weighted by molar-refractivity contribution is 0.628. The van der Waals surface area contributed by atoms with E-state index in [1.165, 1.54) is 12.1 Å². The molecule has 3 nitrogen and oxygen atoms in total. The van der Waals surface area contributed by atoms with Gasteiger partial charge in [0.05, 0.1) is 23.0 Å². The molecule has 0 saturated carbocycles. The molecular formula is C13H10FN3. The first-order valence-corrected chi connectivity index (χ1v) is 5.08. The lowest BCUT2D eigenvalue weighted by Gasteiger charge is -2.08. The minimum Gasteiger partial charge on any atom is -0.354 e. The van der Waals surface area contributed by atoms with Crippen molar-refractivity contribution in [2.75, 3.05) is 5.32 Å². The molecule has 4 heteroatoms. The van der Waals surface area contributed by atoms with E-state index in [4.69, 9.17) is 5.26 Å². The predicted molar refractivity (Wildman–Crippen MR) is 63.4 cm³/mol. The third kappa shape index (κ3) is 2.58. The van der Waals surface area contributed by atoms with Gasteiger partial charge in [-0.05, 0) is 37.3 Å². The zero-order chi connectivity index (χ0) is 12.3. The molecule has 1 heterocycles. The molecule has 2 rings (SSSR count). The molecule has 0 radical (unpaired) electrons. The lowest BCUT2D eigenvalue weighted by atomic mass is 10.2. The molecule has 0 spiro atoms. The van der Waals surface area contributed by atoms with Crippen LogP contribution in [0.15, 0.2) is 36.5 Å². The van der Waals surface area contributed by atoms with Crippen molar-refractivity contribution < 1.29 is 4.39 Å². The van der Waals surface area contributed by atoms with Crippen LogP contribution >= 0.6 is 0 Å². The summed E-state index contributed by atoms with van der Waals surface area (Å²) in [5.41, 5.74) is 2.43. The molecule has 84 valence electrons. The summed E-state index contributed by atoms with van der Waals surface area (Å²) in [4.78, 5) is 4.12. The molecule has 17 heavy (non-hydrogen) atoms. The standard InChI is InChI=1S/C13H10FN3/c1-9-13(3-2-4-16-9)17-12-6-10(8-15)5-11(14)7-12/h2-7,17H,1H3. The van der Waals surface area contributed by atoms with Gasteiger partial charge in [-0.2, -0.15) is 5.26 Å². The Kier molecular flexibility index (Phi) is 3.01. The van der Waals surface area contributed by atoms with Crippen LogP contribution in [0, 0.1) is 24.1 Å². The summed E-state index contributed by atoms with van der Waals surface area (Å²) in [7, 11) is 0. The molecule has 0 amide bonds. The largest absolute Gasteiger partial charge is 0.354 e. The second kappa shape index (κ2) is 4.62. The highest BCUT2D eigenvalue weighted by Gasteiger charge is 2.02. The maximum Gasteiger partial charge on any atom is 0.126 e. The predicted octanol–water partition coefficient (Wildman–Crippen LogP) is 3.14.